The second-order valence-corrected chi connectivity index (χ2v) is 6.07. The monoisotopic (exact) mass is 420 g/mol. The molecule has 1 aromatic carbocycles. The van der Waals surface area contributed by atoms with Crippen LogP contribution < -0.4 is 4.90 Å². The summed E-state index contributed by atoms with van der Waals surface area (Å²) in [5.41, 5.74) is -2.21. The van der Waals surface area contributed by atoms with Gasteiger partial charge in [0.15, 0.2) is 0 Å². The van der Waals surface area contributed by atoms with E-state index in [1.807, 2.05) is 0 Å². The number of hydrogen-bond donors (Lipinski definition) is 0. The number of nitrogens with zero attached hydrogens (tertiary/aromatic N) is 2. The molecule has 7 nitrogen and oxygen atoms in total. The Morgan fingerprint density at radius 2 is 1.90 bits per heavy atom. The average Bonchev–Trinajstić information content (AvgIpc) is 2.66. The number of benzene rings is 1. The van der Waals surface area contributed by atoms with Gasteiger partial charge in [0.25, 0.3) is 0 Å². The molecule has 160 valence electrons. The summed E-state index contributed by atoms with van der Waals surface area (Å²) in [5.74, 6) is -2.57. The lowest BCUT2D eigenvalue weighted by molar-refractivity contribution is -0.139. The Morgan fingerprint density at radius 3 is 2.45 bits per heavy atom. The van der Waals surface area contributed by atoms with Crippen molar-refractivity contribution in [3.8, 4) is 0 Å². The maximum atomic E-state index is 14.8. The largest absolute Gasteiger partial charge is 0.468 e. The maximum Gasteiger partial charge on any atom is 0.418 e. The fraction of sp³-hybridized carbons (Fsp3) is 0.500. The average molecular weight is 420 g/mol. The minimum atomic E-state index is -4.85. The summed E-state index contributed by atoms with van der Waals surface area (Å²) in [5, 5.41) is 0. The number of carbonyl (C=O) groups excluding carboxylic acids is 2. The van der Waals surface area contributed by atoms with Crippen molar-refractivity contribution >= 4 is 23.3 Å². The van der Waals surface area contributed by atoms with Crippen molar-refractivity contribution < 1.29 is 41.4 Å². The van der Waals surface area contributed by atoms with Gasteiger partial charge in [-0.25, -0.2) is 4.39 Å². The van der Waals surface area contributed by atoms with Crippen LogP contribution in [0.2, 0.25) is 0 Å². The van der Waals surface area contributed by atoms with E-state index in [0.29, 0.717) is 0 Å². The second kappa shape index (κ2) is 9.68. The van der Waals surface area contributed by atoms with Crippen molar-refractivity contribution in [1.82, 2.24) is 0 Å². The van der Waals surface area contributed by atoms with E-state index in [0.717, 1.165) is 26.2 Å². The normalized spacial score (nSPS) is 15.2. The highest BCUT2D eigenvalue weighted by atomic mass is 19.4. The van der Waals surface area contributed by atoms with Gasteiger partial charge in [0, 0.05) is 25.6 Å². The molecule has 1 aliphatic heterocycles. The molecule has 0 unspecified atom stereocenters. The number of anilines is 1. The molecule has 0 bridgehead atoms. The Bertz CT molecular complexity index is 789. The van der Waals surface area contributed by atoms with Crippen molar-refractivity contribution in [3.63, 3.8) is 0 Å². The van der Waals surface area contributed by atoms with Crippen molar-refractivity contribution in [2.75, 3.05) is 51.5 Å². The van der Waals surface area contributed by atoms with Gasteiger partial charge in [-0.3, -0.25) is 14.6 Å². The lowest BCUT2D eigenvalue weighted by Gasteiger charge is -2.31. The number of alkyl halides is 3. The quantitative estimate of drug-likeness (QED) is 0.399. The Hall–Kier alpha value is -2.69. The lowest BCUT2D eigenvalue weighted by atomic mass is 10.0. The highest BCUT2D eigenvalue weighted by Crippen LogP contribution is 2.39. The number of methoxy groups -OCH3 is 1. The Morgan fingerprint density at radius 1 is 1.24 bits per heavy atom. The third-order valence-corrected chi connectivity index (χ3v) is 4.07. The number of aliphatic imine (C=N–C) groups is 1. The van der Waals surface area contributed by atoms with E-state index in [2.05, 4.69) is 9.73 Å². The van der Waals surface area contributed by atoms with Crippen LogP contribution in [0.1, 0.15) is 18.1 Å². The van der Waals surface area contributed by atoms with E-state index in [1.54, 1.807) is 0 Å². The first-order valence-electron chi connectivity index (χ1n) is 8.60. The number of esters is 2. The highest BCUT2D eigenvalue weighted by molar-refractivity contribution is 6.03. The number of morpholine rings is 1. The van der Waals surface area contributed by atoms with Crippen LogP contribution in [-0.2, 0) is 30.0 Å². The van der Waals surface area contributed by atoms with Gasteiger partial charge >= 0.3 is 18.1 Å². The van der Waals surface area contributed by atoms with Crippen molar-refractivity contribution in [2.45, 2.75) is 13.1 Å². The molecule has 1 saturated heterocycles. The molecule has 0 aliphatic carbocycles. The number of rotatable bonds is 6. The van der Waals surface area contributed by atoms with Crippen LogP contribution in [0.4, 0.5) is 23.2 Å². The molecule has 11 heteroatoms. The molecule has 0 amide bonds. The van der Waals surface area contributed by atoms with Gasteiger partial charge in [-0.15, -0.1) is 0 Å². The van der Waals surface area contributed by atoms with Gasteiger partial charge in [-0.2, -0.15) is 13.2 Å². The molecule has 0 saturated carbocycles. The summed E-state index contributed by atoms with van der Waals surface area (Å²) in [6.07, 6.45) is -4.85. The standard InChI is InChI=1S/C18H20F4N2O5/c1-11(25)29-10-15(23-9-16(26)27-2)12-7-13(18(20,21)22)17(14(19)8-12)24-3-5-28-6-4-24/h7-8H,3-6,9-10H2,1-2H3. The van der Waals surface area contributed by atoms with Crippen molar-refractivity contribution in [3.05, 3.63) is 29.1 Å². The Kier molecular flexibility index (Phi) is 7.54. The van der Waals surface area contributed by atoms with E-state index in [-0.39, 0.29) is 37.6 Å². The first-order valence-corrected chi connectivity index (χ1v) is 8.60. The number of carbonyl (C=O) groups is 2. The molecule has 29 heavy (non-hydrogen) atoms. The minimum Gasteiger partial charge on any atom is -0.468 e. The molecule has 1 aliphatic rings. The molecular formula is C18H20F4N2O5. The Labute approximate surface area is 164 Å². The smallest absolute Gasteiger partial charge is 0.418 e. The van der Waals surface area contributed by atoms with E-state index in [9.17, 15) is 27.2 Å². The van der Waals surface area contributed by atoms with Gasteiger partial charge in [-0.05, 0) is 12.1 Å². The first kappa shape index (κ1) is 22.6. The third-order valence-electron chi connectivity index (χ3n) is 4.07. The van der Waals surface area contributed by atoms with Crippen LogP contribution in [0, 0.1) is 5.82 Å². The summed E-state index contributed by atoms with van der Waals surface area (Å²) < 4.78 is 70.2. The zero-order chi connectivity index (χ0) is 21.6. The highest BCUT2D eigenvalue weighted by Gasteiger charge is 2.38. The van der Waals surface area contributed by atoms with Crippen LogP contribution >= 0.6 is 0 Å². The summed E-state index contributed by atoms with van der Waals surface area (Å²) in [7, 11) is 1.11. The van der Waals surface area contributed by atoms with Crippen LogP contribution in [0.3, 0.4) is 0 Å². The minimum absolute atomic E-state index is 0.107. The SMILES string of the molecule is COC(=O)CN=C(COC(C)=O)c1cc(F)c(N2CCOCC2)c(C(F)(F)F)c1. The third kappa shape index (κ3) is 6.14. The predicted molar refractivity (Wildman–Crippen MR) is 94.5 cm³/mol. The molecule has 2 rings (SSSR count). The van der Waals surface area contributed by atoms with Gasteiger partial charge < -0.3 is 19.1 Å². The predicted octanol–water partition coefficient (Wildman–Crippen LogP) is 2.21. The second-order valence-electron chi connectivity index (χ2n) is 6.07. The summed E-state index contributed by atoms with van der Waals surface area (Å²) in [6.45, 7) is 0.613. The first-order chi connectivity index (χ1) is 13.6. The van der Waals surface area contributed by atoms with Crippen molar-refractivity contribution in [1.29, 1.82) is 0 Å². The van der Waals surface area contributed by atoms with E-state index < -0.39 is 48.3 Å². The summed E-state index contributed by atoms with van der Waals surface area (Å²) >= 11 is 0. The molecule has 0 atom stereocenters. The van der Waals surface area contributed by atoms with E-state index >= 15 is 0 Å². The molecule has 0 aromatic heterocycles. The van der Waals surface area contributed by atoms with Gasteiger partial charge in [0.05, 0.1) is 37.3 Å². The molecular weight excluding hydrogens is 400 g/mol. The number of hydrogen-bond acceptors (Lipinski definition) is 7. The van der Waals surface area contributed by atoms with Gasteiger partial charge in [0.2, 0.25) is 0 Å². The lowest BCUT2D eigenvalue weighted by Crippen LogP contribution is -2.38. The van der Waals surface area contributed by atoms with Crippen LogP contribution in [0.15, 0.2) is 17.1 Å². The summed E-state index contributed by atoms with van der Waals surface area (Å²) in [6, 6.07) is 1.60. The zero-order valence-corrected chi connectivity index (χ0v) is 15.8. The van der Waals surface area contributed by atoms with Crippen LogP contribution in [0.5, 0.6) is 0 Å². The van der Waals surface area contributed by atoms with E-state index in [4.69, 9.17) is 9.47 Å². The number of halogens is 4. The molecule has 1 heterocycles. The zero-order valence-electron chi connectivity index (χ0n) is 15.8. The molecule has 1 aromatic rings. The van der Waals surface area contributed by atoms with Gasteiger partial charge in [0.1, 0.15) is 19.0 Å². The summed E-state index contributed by atoms with van der Waals surface area (Å²) in [4.78, 5) is 27.5. The number of ether oxygens (including phenoxy) is 3. The van der Waals surface area contributed by atoms with Crippen LogP contribution in [0.25, 0.3) is 0 Å². The molecule has 0 N–H and O–H groups in total. The Balaban J connectivity index is 2.52. The molecule has 0 spiro atoms. The van der Waals surface area contributed by atoms with Gasteiger partial charge in [-0.1, -0.05) is 0 Å². The van der Waals surface area contributed by atoms with E-state index in [1.165, 1.54) is 4.90 Å². The fourth-order valence-corrected chi connectivity index (χ4v) is 2.70. The topological polar surface area (TPSA) is 77.4 Å². The van der Waals surface area contributed by atoms with Crippen molar-refractivity contribution in [2.24, 2.45) is 4.99 Å². The molecule has 0 radical (unpaired) electrons. The molecule has 1 fully saturated rings. The maximum absolute atomic E-state index is 14.8. The van der Waals surface area contributed by atoms with Crippen LogP contribution in [-0.4, -0.2) is 64.2 Å². The fourth-order valence-electron chi connectivity index (χ4n) is 2.70.